The molecule has 0 aromatic carbocycles. The molecule has 0 radical (unpaired) electrons. The lowest BCUT2D eigenvalue weighted by atomic mass is 10.1. The molecule has 1 aromatic heterocycles. The molecule has 6 nitrogen and oxygen atoms in total. The fraction of sp³-hybridized carbons (Fsp3) is 0.769. The van der Waals surface area contributed by atoms with E-state index in [9.17, 15) is 0 Å². The summed E-state index contributed by atoms with van der Waals surface area (Å²) in [5.74, 6) is 3.42. The molecule has 1 aromatic rings. The molecule has 1 fully saturated rings. The van der Waals surface area contributed by atoms with Crippen molar-refractivity contribution in [1.29, 1.82) is 0 Å². The Kier molecular flexibility index (Phi) is 5.28. The van der Waals surface area contributed by atoms with Crippen molar-refractivity contribution < 1.29 is 4.52 Å². The number of aliphatic imine (C=N–C) groups is 1. The summed E-state index contributed by atoms with van der Waals surface area (Å²) in [5, 5.41) is 10.4. The molecule has 1 aliphatic heterocycles. The minimum Gasteiger partial charge on any atom is -0.356 e. The van der Waals surface area contributed by atoms with Crippen LogP contribution in [-0.2, 0) is 6.42 Å². The van der Waals surface area contributed by atoms with Gasteiger partial charge >= 0.3 is 0 Å². The highest BCUT2D eigenvalue weighted by Crippen LogP contribution is 2.36. The lowest BCUT2D eigenvalue weighted by Crippen LogP contribution is -2.44. The fourth-order valence-corrected chi connectivity index (χ4v) is 3.44. The largest absolute Gasteiger partial charge is 0.356 e. The van der Waals surface area contributed by atoms with Gasteiger partial charge in [0.2, 0.25) is 5.89 Å². The molecular formula is C13H23N5OS. The van der Waals surface area contributed by atoms with Crippen molar-refractivity contribution in [3.63, 3.8) is 0 Å². The Morgan fingerprint density at radius 1 is 1.50 bits per heavy atom. The molecule has 2 heterocycles. The van der Waals surface area contributed by atoms with Crippen LogP contribution in [0.5, 0.6) is 0 Å². The standard InChI is InChI=1S/C13H23N5OS/c1-10-17-11(19-18-10)5-7-15-12(14-3)16-9-13(2)6-4-8-20-13/h4-9H2,1-3H3,(H2,14,15,16). The van der Waals surface area contributed by atoms with Gasteiger partial charge in [0.25, 0.3) is 0 Å². The van der Waals surface area contributed by atoms with Crippen LogP contribution in [0.4, 0.5) is 0 Å². The van der Waals surface area contributed by atoms with Crippen LogP contribution in [0.25, 0.3) is 0 Å². The van der Waals surface area contributed by atoms with Crippen molar-refractivity contribution in [1.82, 2.24) is 20.8 Å². The van der Waals surface area contributed by atoms with Gasteiger partial charge in [-0.15, -0.1) is 0 Å². The first-order valence-electron chi connectivity index (χ1n) is 6.99. The van der Waals surface area contributed by atoms with Gasteiger partial charge in [-0.05, 0) is 32.4 Å². The zero-order valence-electron chi connectivity index (χ0n) is 12.4. The van der Waals surface area contributed by atoms with Gasteiger partial charge in [0.1, 0.15) is 0 Å². The van der Waals surface area contributed by atoms with Gasteiger partial charge in [-0.1, -0.05) is 5.16 Å². The van der Waals surface area contributed by atoms with Crippen molar-refractivity contribution in [2.24, 2.45) is 4.99 Å². The number of thioether (sulfide) groups is 1. The van der Waals surface area contributed by atoms with Crippen LogP contribution in [0.2, 0.25) is 0 Å². The first-order chi connectivity index (χ1) is 9.61. The van der Waals surface area contributed by atoms with Gasteiger partial charge in [0, 0.05) is 31.3 Å². The molecule has 0 saturated carbocycles. The monoisotopic (exact) mass is 297 g/mol. The number of aryl methyl sites for hydroxylation is 1. The molecule has 0 aliphatic carbocycles. The maximum Gasteiger partial charge on any atom is 0.228 e. The summed E-state index contributed by atoms with van der Waals surface area (Å²) in [6.45, 7) is 5.80. The average molecular weight is 297 g/mol. The Morgan fingerprint density at radius 2 is 2.35 bits per heavy atom. The minimum absolute atomic E-state index is 0.335. The van der Waals surface area contributed by atoms with Crippen LogP contribution in [0, 0.1) is 6.92 Å². The highest BCUT2D eigenvalue weighted by Gasteiger charge is 2.29. The molecule has 7 heteroatoms. The lowest BCUT2D eigenvalue weighted by molar-refractivity contribution is 0.374. The number of guanidine groups is 1. The lowest BCUT2D eigenvalue weighted by Gasteiger charge is -2.24. The van der Waals surface area contributed by atoms with E-state index in [1.54, 1.807) is 7.05 Å². The van der Waals surface area contributed by atoms with Crippen LogP contribution in [0.1, 0.15) is 31.5 Å². The van der Waals surface area contributed by atoms with E-state index in [1.165, 1.54) is 18.6 Å². The molecule has 1 saturated heterocycles. The summed E-state index contributed by atoms with van der Waals surface area (Å²) < 4.78 is 5.41. The Balaban J connectivity index is 1.70. The van der Waals surface area contributed by atoms with Gasteiger partial charge in [0.05, 0.1) is 0 Å². The predicted octanol–water partition coefficient (Wildman–Crippen LogP) is 1.37. The maximum absolute atomic E-state index is 5.07. The molecule has 2 N–H and O–H groups in total. The summed E-state index contributed by atoms with van der Waals surface area (Å²) in [4.78, 5) is 8.41. The number of hydrogen-bond acceptors (Lipinski definition) is 5. The first-order valence-corrected chi connectivity index (χ1v) is 7.97. The second-order valence-electron chi connectivity index (χ2n) is 5.24. The van der Waals surface area contributed by atoms with Gasteiger partial charge in [-0.25, -0.2) is 0 Å². The molecule has 112 valence electrons. The number of nitrogens with zero attached hydrogens (tertiary/aromatic N) is 3. The van der Waals surface area contributed by atoms with Crippen molar-refractivity contribution >= 4 is 17.7 Å². The summed E-state index contributed by atoms with van der Waals surface area (Å²) in [5.41, 5.74) is 0. The quantitative estimate of drug-likeness (QED) is 0.631. The number of rotatable bonds is 5. The Bertz CT molecular complexity index is 453. The van der Waals surface area contributed by atoms with Gasteiger partial charge < -0.3 is 15.2 Å². The summed E-state index contributed by atoms with van der Waals surface area (Å²) in [6.07, 6.45) is 3.28. The van der Waals surface area contributed by atoms with E-state index in [-0.39, 0.29) is 0 Å². The SMILES string of the molecule is CN=C(NCCc1nc(C)no1)NCC1(C)CCCS1. The number of hydrogen-bond donors (Lipinski definition) is 2. The molecule has 1 atom stereocenters. The Morgan fingerprint density at radius 3 is 2.95 bits per heavy atom. The third-order valence-electron chi connectivity index (χ3n) is 3.35. The average Bonchev–Trinajstić information content (AvgIpc) is 3.03. The van der Waals surface area contributed by atoms with E-state index in [0.717, 1.165) is 19.0 Å². The third-order valence-corrected chi connectivity index (χ3v) is 4.89. The van der Waals surface area contributed by atoms with Crippen molar-refractivity contribution in [2.75, 3.05) is 25.9 Å². The Hall–Kier alpha value is -1.24. The van der Waals surface area contributed by atoms with Crippen molar-refractivity contribution in [3.05, 3.63) is 11.7 Å². The van der Waals surface area contributed by atoms with Crippen molar-refractivity contribution in [2.45, 2.75) is 37.9 Å². The molecule has 0 bridgehead atoms. The summed E-state index contributed by atoms with van der Waals surface area (Å²) in [7, 11) is 1.79. The van der Waals surface area contributed by atoms with E-state index < -0.39 is 0 Å². The number of aromatic nitrogens is 2. The number of nitrogens with one attached hydrogen (secondary N) is 2. The van der Waals surface area contributed by atoms with Crippen LogP contribution in [0.15, 0.2) is 9.52 Å². The van der Waals surface area contributed by atoms with E-state index in [2.05, 4.69) is 32.7 Å². The molecule has 20 heavy (non-hydrogen) atoms. The maximum atomic E-state index is 5.07. The second kappa shape index (κ2) is 6.97. The van der Waals surface area contributed by atoms with Crippen LogP contribution in [0.3, 0.4) is 0 Å². The highest BCUT2D eigenvalue weighted by molar-refractivity contribution is 8.00. The van der Waals surface area contributed by atoms with Crippen LogP contribution in [-0.4, -0.2) is 46.7 Å². The molecular weight excluding hydrogens is 274 g/mol. The summed E-state index contributed by atoms with van der Waals surface area (Å²) >= 11 is 2.04. The Labute approximate surface area is 124 Å². The van der Waals surface area contributed by atoms with Gasteiger partial charge in [-0.2, -0.15) is 16.7 Å². The zero-order chi connectivity index (χ0) is 14.4. The highest BCUT2D eigenvalue weighted by atomic mass is 32.2. The van der Waals surface area contributed by atoms with Gasteiger partial charge in [0.15, 0.2) is 11.8 Å². The molecule has 0 amide bonds. The van der Waals surface area contributed by atoms with Crippen molar-refractivity contribution in [3.8, 4) is 0 Å². The smallest absolute Gasteiger partial charge is 0.228 e. The molecule has 0 spiro atoms. The predicted molar refractivity (Wildman–Crippen MR) is 82.2 cm³/mol. The van der Waals surface area contributed by atoms with Crippen LogP contribution < -0.4 is 10.6 Å². The van der Waals surface area contributed by atoms with E-state index in [4.69, 9.17) is 4.52 Å². The molecule has 1 unspecified atom stereocenters. The molecule has 2 rings (SSSR count). The van der Waals surface area contributed by atoms with Gasteiger partial charge in [-0.3, -0.25) is 4.99 Å². The molecule has 1 aliphatic rings. The third kappa shape index (κ3) is 4.40. The normalized spacial score (nSPS) is 23.1. The zero-order valence-corrected chi connectivity index (χ0v) is 13.2. The van der Waals surface area contributed by atoms with E-state index in [1.807, 2.05) is 18.7 Å². The van der Waals surface area contributed by atoms with Crippen LogP contribution >= 0.6 is 11.8 Å². The summed E-state index contributed by atoms with van der Waals surface area (Å²) in [6, 6.07) is 0. The topological polar surface area (TPSA) is 75.3 Å². The van der Waals surface area contributed by atoms with E-state index in [0.29, 0.717) is 22.9 Å². The first kappa shape index (κ1) is 15.2. The second-order valence-corrected chi connectivity index (χ2v) is 6.92. The van der Waals surface area contributed by atoms with E-state index >= 15 is 0 Å². The minimum atomic E-state index is 0.335. The fourth-order valence-electron chi connectivity index (χ4n) is 2.20.